The van der Waals surface area contributed by atoms with Crippen LogP contribution in [-0.4, -0.2) is 28.6 Å². The highest BCUT2D eigenvalue weighted by Gasteiger charge is 2.53. The van der Waals surface area contributed by atoms with Crippen molar-refractivity contribution in [2.45, 2.75) is 34.2 Å². The third-order valence-electron chi connectivity index (χ3n) is 3.02. The number of carbonyl (C=O) groups excluding carboxylic acids is 1. The molecule has 0 unspecified atom stereocenters. The monoisotopic (exact) mass is 254 g/mol. The fraction of sp³-hybridized carbons (Fsp3) is 0.417. The van der Waals surface area contributed by atoms with Gasteiger partial charge in [-0.3, -0.25) is 4.79 Å². The summed E-state index contributed by atoms with van der Waals surface area (Å²) in [6, 6.07) is 10.0. The van der Waals surface area contributed by atoms with Gasteiger partial charge in [0.1, 0.15) is 6.10 Å². The number of benzene rings is 1. The van der Waals surface area contributed by atoms with Gasteiger partial charge < -0.3 is 4.74 Å². The van der Waals surface area contributed by atoms with Crippen LogP contribution >= 0.6 is 23.4 Å². The van der Waals surface area contributed by atoms with Crippen molar-refractivity contribution in [3.05, 3.63) is 30.3 Å². The Morgan fingerprint density at radius 2 is 2.06 bits per heavy atom. The van der Waals surface area contributed by atoms with Crippen molar-refractivity contribution in [3.63, 3.8) is 0 Å². The van der Waals surface area contributed by atoms with E-state index < -0.39 is 0 Å². The van der Waals surface area contributed by atoms with E-state index in [2.05, 4.69) is 0 Å². The van der Waals surface area contributed by atoms with Gasteiger partial charge in [-0.15, -0.1) is 23.4 Å². The van der Waals surface area contributed by atoms with E-state index in [1.807, 2.05) is 30.3 Å². The summed E-state index contributed by atoms with van der Waals surface area (Å²) in [7, 11) is 0. The first-order chi connectivity index (χ1) is 7.75. The van der Waals surface area contributed by atoms with E-state index in [1.54, 1.807) is 11.8 Å². The Labute approximate surface area is 103 Å². The SMILES string of the molecule is O=C1C[C@@H]2O[C@H]1[C@@H](Sc1ccccc1)[C@@H]2Cl. The van der Waals surface area contributed by atoms with Crippen molar-refractivity contribution in [1.29, 1.82) is 0 Å². The van der Waals surface area contributed by atoms with Crippen LogP contribution in [0.4, 0.5) is 0 Å². The largest absolute Gasteiger partial charge is 0.364 e. The first kappa shape index (κ1) is 10.6. The third kappa shape index (κ3) is 1.67. The van der Waals surface area contributed by atoms with E-state index >= 15 is 0 Å². The van der Waals surface area contributed by atoms with Crippen LogP contribution < -0.4 is 0 Å². The Hall–Kier alpha value is -0.510. The Morgan fingerprint density at radius 3 is 2.75 bits per heavy atom. The maximum Gasteiger partial charge on any atom is 0.165 e. The Balaban J connectivity index is 1.79. The molecule has 4 heteroatoms. The summed E-state index contributed by atoms with van der Waals surface area (Å²) in [6.07, 6.45) is 0.128. The molecule has 2 heterocycles. The molecule has 84 valence electrons. The molecule has 2 bridgehead atoms. The lowest BCUT2D eigenvalue weighted by Crippen LogP contribution is -2.36. The molecule has 2 aliphatic heterocycles. The maximum atomic E-state index is 11.6. The molecule has 3 rings (SSSR count). The summed E-state index contributed by atoms with van der Waals surface area (Å²) in [5, 5.41) is 0.0169. The molecule has 4 atom stereocenters. The van der Waals surface area contributed by atoms with Crippen LogP contribution in [0, 0.1) is 0 Å². The quantitative estimate of drug-likeness (QED) is 0.759. The number of rotatable bonds is 2. The molecule has 2 aliphatic rings. The Kier molecular flexibility index (Phi) is 2.70. The van der Waals surface area contributed by atoms with Crippen molar-refractivity contribution in [1.82, 2.24) is 0 Å². The Bertz CT molecular complexity index is 409. The average molecular weight is 255 g/mol. The smallest absolute Gasteiger partial charge is 0.165 e. The summed E-state index contributed by atoms with van der Waals surface area (Å²) < 4.78 is 5.58. The van der Waals surface area contributed by atoms with Crippen molar-refractivity contribution in [2.75, 3.05) is 0 Å². The Morgan fingerprint density at radius 1 is 1.31 bits per heavy atom. The molecule has 1 aromatic rings. The summed E-state index contributed by atoms with van der Waals surface area (Å²) in [4.78, 5) is 12.7. The highest BCUT2D eigenvalue weighted by Crippen LogP contribution is 2.44. The fourth-order valence-corrected chi connectivity index (χ4v) is 3.94. The van der Waals surface area contributed by atoms with E-state index in [0.717, 1.165) is 4.90 Å². The van der Waals surface area contributed by atoms with Gasteiger partial charge >= 0.3 is 0 Å². The van der Waals surface area contributed by atoms with Crippen molar-refractivity contribution >= 4 is 29.1 Å². The topological polar surface area (TPSA) is 26.3 Å². The molecular weight excluding hydrogens is 244 g/mol. The number of Topliss-reactive ketones (excluding diaryl/α,β-unsaturated/α-hetero) is 1. The molecular formula is C12H11ClO2S. The third-order valence-corrected chi connectivity index (χ3v) is 5.08. The second-order valence-electron chi connectivity index (χ2n) is 4.11. The highest BCUT2D eigenvalue weighted by atomic mass is 35.5. The van der Waals surface area contributed by atoms with Gasteiger partial charge in [-0.05, 0) is 12.1 Å². The average Bonchev–Trinajstić information content (AvgIpc) is 2.80. The molecule has 0 radical (unpaired) electrons. The molecule has 0 spiro atoms. The second kappa shape index (κ2) is 4.06. The first-order valence-corrected chi connectivity index (χ1v) is 6.61. The molecule has 0 saturated carbocycles. The van der Waals surface area contributed by atoms with Gasteiger partial charge in [0.05, 0.1) is 16.7 Å². The minimum absolute atomic E-state index is 0.0482. The summed E-state index contributed by atoms with van der Waals surface area (Å²) in [5.74, 6) is 0.204. The standard InChI is InChI=1S/C12H11ClO2S/c13-10-9-6-8(14)11(15-9)12(10)16-7-4-2-1-3-5-7/h1-5,9-12H,6H2/t9-,10+,11+,12-/m0/s1. The molecule has 2 nitrogen and oxygen atoms in total. The second-order valence-corrected chi connectivity index (χ2v) is 5.86. The number of hydrogen-bond donors (Lipinski definition) is 0. The van der Waals surface area contributed by atoms with E-state index in [-0.39, 0.29) is 28.6 Å². The summed E-state index contributed by atoms with van der Waals surface area (Å²) in [5.41, 5.74) is 0. The first-order valence-electron chi connectivity index (χ1n) is 5.29. The maximum absolute atomic E-state index is 11.6. The predicted molar refractivity (Wildman–Crippen MR) is 64.0 cm³/mol. The van der Waals surface area contributed by atoms with Crippen molar-refractivity contribution < 1.29 is 9.53 Å². The van der Waals surface area contributed by atoms with Crippen molar-refractivity contribution in [3.8, 4) is 0 Å². The van der Waals surface area contributed by atoms with E-state index in [4.69, 9.17) is 16.3 Å². The molecule has 0 amide bonds. The zero-order chi connectivity index (χ0) is 11.1. The van der Waals surface area contributed by atoms with Gasteiger partial charge in [0, 0.05) is 11.3 Å². The van der Waals surface area contributed by atoms with Gasteiger partial charge in [0.2, 0.25) is 0 Å². The predicted octanol–water partition coefficient (Wildman–Crippen LogP) is 2.49. The highest BCUT2D eigenvalue weighted by molar-refractivity contribution is 8.00. The van der Waals surface area contributed by atoms with Gasteiger partial charge in [0.25, 0.3) is 0 Å². The number of fused-ring (bicyclic) bond motifs is 2. The van der Waals surface area contributed by atoms with Crippen LogP contribution in [0.1, 0.15) is 6.42 Å². The normalized spacial score (nSPS) is 36.9. The van der Waals surface area contributed by atoms with Crippen LogP contribution in [-0.2, 0) is 9.53 Å². The van der Waals surface area contributed by atoms with Crippen LogP contribution in [0.15, 0.2) is 35.2 Å². The summed E-state index contributed by atoms with van der Waals surface area (Å²) in [6.45, 7) is 0. The number of carbonyl (C=O) groups is 1. The van der Waals surface area contributed by atoms with Crippen LogP contribution in [0.5, 0.6) is 0 Å². The molecule has 2 saturated heterocycles. The van der Waals surface area contributed by atoms with Crippen LogP contribution in [0.2, 0.25) is 0 Å². The van der Waals surface area contributed by atoms with Gasteiger partial charge in [-0.1, -0.05) is 18.2 Å². The van der Waals surface area contributed by atoms with Crippen molar-refractivity contribution in [2.24, 2.45) is 0 Å². The molecule has 0 aliphatic carbocycles. The number of hydrogen-bond acceptors (Lipinski definition) is 3. The van der Waals surface area contributed by atoms with Gasteiger partial charge in [-0.25, -0.2) is 0 Å². The molecule has 0 aromatic heterocycles. The van der Waals surface area contributed by atoms with E-state index in [1.165, 1.54) is 0 Å². The van der Waals surface area contributed by atoms with E-state index in [9.17, 15) is 4.79 Å². The van der Waals surface area contributed by atoms with Gasteiger partial charge in [0.15, 0.2) is 5.78 Å². The minimum Gasteiger partial charge on any atom is -0.364 e. The minimum atomic E-state index is -0.294. The summed E-state index contributed by atoms with van der Waals surface area (Å²) >= 11 is 7.94. The van der Waals surface area contributed by atoms with Gasteiger partial charge in [-0.2, -0.15) is 0 Å². The van der Waals surface area contributed by atoms with Crippen LogP contribution in [0.3, 0.4) is 0 Å². The van der Waals surface area contributed by atoms with Crippen LogP contribution in [0.25, 0.3) is 0 Å². The zero-order valence-electron chi connectivity index (χ0n) is 8.51. The molecule has 16 heavy (non-hydrogen) atoms. The van der Waals surface area contributed by atoms with E-state index in [0.29, 0.717) is 6.42 Å². The number of alkyl halides is 1. The molecule has 2 fully saturated rings. The number of thioether (sulfide) groups is 1. The fourth-order valence-electron chi connectivity index (χ4n) is 2.24. The number of ether oxygens (including phenoxy) is 1. The number of ketones is 1. The lowest BCUT2D eigenvalue weighted by atomic mass is 9.98. The lowest BCUT2D eigenvalue weighted by molar-refractivity contribution is -0.121. The number of halogens is 1. The molecule has 0 N–H and O–H groups in total. The molecule has 1 aromatic carbocycles. The zero-order valence-corrected chi connectivity index (χ0v) is 10.1. The lowest BCUT2D eigenvalue weighted by Gasteiger charge is -2.21.